The molecule has 0 spiro atoms. The maximum Gasteiger partial charge on any atom is 0.243 e. The zero-order valence-electron chi connectivity index (χ0n) is 15.7. The zero-order valence-corrected chi connectivity index (χ0v) is 17.3. The number of amides is 1. The number of rotatable bonds is 7. The van der Waals surface area contributed by atoms with E-state index in [0.29, 0.717) is 37.4 Å². The summed E-state index contributed by atoms with van der Waals surface area (Å²) in [5, 5.41) is 6.21. The molecular weight excluding hydrogens is 374 g/mol. The van der Waals surface area contributed by atoms with Crippen LogP contribution in [0.5, 0.6) is 0 Å². The third-order valence-corrected chi connectivity index (χ3v) is 6.53. The van der Waals surface area contributed by atoms with E-state index in [-0.39, 0.29) is 30.3 Å². The highest BCUT2D eigenvalue weighted by atomic mass is 35.5. The molecule has 26 heavy (non-hydrogen) atoms. The van der Waals surface area contributed by atoms with Crippen LogP contribution in [-0.4, -0.2) is 50.9 Å². The van der Waals surface area contributed by atoms with E-state index in [1.54, 1.807) is 24.3 Å². The van der Waals surface area contributed by atoms with E-state index in [1.807, 2.05) is 20.8 Å². The highest BCUT2D eigenvalue weighted by Gasteiger charge is 2.32. The second-order valence-electron chi connectivity index (χ2n) is 6.70. The number of aryl methyl sites for hydroxylation is 1. The fraction of sp³-hybridized carbons (Fsp3) is 0.611. The van der Waals surface area contributed by atoms with Crippen LogP contribution in [-0.2, 0) is 14.8 Å². The van der Waals surface area contributed by atoms with Crippen molar-refractivity contribution in [3.63, 3.8) is 0 Å². The van der Waals surface area contributed by atoms with Gasteiger partial charge in [0.05, 0.1) is 4.90 Å². The highest BCUT2D eigenvalue weighted by molar-refractivity contribution is 7.89. The summed E-state index contributed by atoms with van der Waals surface area (Å²) >= 11 is 0. The first kappa shape index (κ1) is 22.9. The summed E-state index contributed by atoms with van der Waals surface area (Å²) in [6, 6.07) is 7.13. The summed E-state index contributed by atoms with van der Waals surface area (Å²) in [4.78, 5) is 12.6. The third kappa shape index (κ3) is 5.94. The molecule has 6 nitrogen and oxygen atoms in total. The first-order chi connectivity index (χ1) is 11.8. The quantitative estimate of drug-likeness (QED) is 0.729. The molecule has 0 saturated carbocycles. The molecule has 0 aromatic heterocycles. The predicted octanol–water partition coefficient (Wildman–Crippen LogP) is 1.93. The number of nitrogens with one attached hydrogen (secondary N) is 2. The van der Waals surface area contributed by atoms with Gasteiger partial charge < -0.3 is 10.6 Å². The smallest absolute Gasteiger partial charge is 0.243 e. The Morgan fingerprint density at radius 3 is 2.35 bits per heavy atom. The van der Waals surface area contributed by atoms with E-state index >= 15 is 0 Å². The fourth-order valence-electron chi connectivity index (χ4n) is 3.04. The van der Waals surface area contributed by atoms with Crippen LogP contribution in [0.15, 0.2) is 29.2 Å². The van der Waals surface area contributed by atoms with Crippen LogP contribution >= 0.6 is 12.4 Å². The number of hydrogen-bond acceptors (Lipinski definition) is 4. The van der Waals surface area contributed by atoms with Gasteiger partial charge in [0.2, 0.25) is 15.9 Å². The summed E-state index contributed by atoms with van der Waals surface area (Å²) in [6.45, 7) is 8.22. The third-order valence-electron chi connectivity index (χ3n) is 4.62. The molecule has 8 heteroatoms. The van der Waals surface area contributed by atoms with Gasteiger partial charge in [-0.3, -0.25) is 4.79 Å². The van der Waals surface area contributed by atoms with Crippen LogP contribution in [0.2, 0.25) is 0 Å². The van der Waals surface area contributed by atoms with Crippen molar-refractivity contribution in [2.75, 3.05) is 26.2 Å². The first-order valence-electron chi connectivity index (χ1n) is 8.92. The van der Waals surface area contributed by atoms with Gasteiger partial charge in [-0.05, 0) is 45.4 Å². The van der Waals surface area contributed by atoms with E-state index in [9.17, 15) is 13.2 Å². The molecular formula is C18H30ClN3O3S. The van der Waals surface area contributed by atoms with Crippen molar-refractivity contribution < 1.29 is 13.2 Å². The van der Waals surface area contributed by atoms with Gasteiger partial charge in [0, 0.05) is 31.6 Å². The van der Waals surface area contributed by atoms with Crippen LogP contribution in [0.3, 0.4) is 0 Å². The molecule has 1 aliphatic rings. The monoisotopic (exact) mass is 403 g/mol. The lowest BCUT2D eigenvalue weighted by Crippen LogP contribution is -2.45. The minimum atomic E-state index is -3.47. The maximum atomic E-state index is 12.7. The number of nitrogens with zero attached hydrogens (tertiary/aromatic N) is 1. The number of carbonyl (C=O) groups is 1. The number of piperidine rings is 1. The van der Waals surface area contributed by atoms with Gasteiger partial charge in [0.15, 0.2) is 0 Å². The van der Waals surface area contributed by atoms with Crippen LogP contribution < -0.4 is 10.6 Å². The minimum absolute atomic E-state index is 0. The van der Waals surface area contributed by atoms with Gasteiger partial charge in [0.25, 0.3) is 0 Å². The van der Waals surface area contributed by atoms with Crippen LogP contribution in [0.4, 0.5) is 0 Å². The Hall–Kier alpha value is -1.15. The van der Waals surface area contributed by atoms with Gasteiger partial charge in [-0.2, -0.15) is 4.31 Å². The Morgan fingerprint density at radius 1 is 1.23 bits per heavy atom. The van der Waals surface area contributed by atoms with Gasteiger partial charge in [0.1, 0.15) is 0 Å². The van der Waals surface area contributed by atoms with E-state index in [1.165, 1.54) is 4.31 Å². The molecule has 1 aromatic carbocycles. The Labute approximate surface area is 163 Å². The van der Waals surface area contributed by atoms with Crippen LogP contribution in [0, 0.1) is 12.8 Å². The number of carbonyl (C=O) groups excluding carboxylic acids is 1. The summed E-state index contributed by atoms with van der Waals surface area (Å²) in [7, 11) is -3.47. The average molecular weight is 404 g/mol. The Balaban J connectivity index is 0.00000338. The van der Waals surface area contributed by atoms with Crippen molar-refractivity contribution in [1.29, 1.82) is 0 Å². The average Bonchev–Trinajstić information content (AvgIpc) is 2.60. The topological polar surface area (TPSA) is 78.5 Å². The lowest BCUT2D eigenvalue weighted by Gasteiger charge is -2.30. The molecule has 1 amide bonds. The first-order valence-corrected chi connectivity index (χ1v) is 10.4. The minimum Gasteiger partial charge on any atom is -0.354 e. The van der Waals surface area contributed by atoms with Crippen molar-refractivity contribution >= 4 is 28.3 Å². The maximum absolute atomic E-state index is 12.7. The summed E-state index contributed by atoms with van der Waals surface area (Å²) in [5.41, 5.74) is 1.03. The van der Waals surface area contributed by atoms with Crippen molar-refractivity contribution in [2.24, 2.45) is 5.92 Å². The van der Waals surface area contributed by atoms with Gasteiger partial charge in [-0.15, -0.1) is 12.4 Å². The van der Waals surface area contributed by atoms with Gasteiger partial charge in [-0.25, -0.2) is 8.42 Å². The van der Waals surface area contributed by atoms with Crippen LogP contribution in [0.1, 0.15) is 32.3 Å². The molecule has 1 aromatic rings. The fourth-order valence-corrected chi connectivity index (χ4v) is 4.51. The molecule has 2 rings (SSSR count). The summed E-state index contributed by atoms with van der Waals surface area (Å²) in [5.74, 6) is -0.0876. The Bertz CT molecular complexity index is 671. The molecule has 0 unspecified atom stereocenters. The van der Waals surface area contributed by atoms with Crippen molar-refractivity contribution in [3.8, 4) is 0 Å². The van der Waals surface area contributed by atoms with Gasteiger partial charge in [-0.1, -0.05) is 24.6 Å². The number of hydrogen-bond donors (Lipinski definition) is 2. The Kier molecular flexibility index (Phi) is 9.03. The molecule has 0 aliphatic carbocycles. The lowest BCUT2D eigenvalue weighted by atomic mass is 9.97. The molecule has 0 bridgehead atoms. The van der Waals surface area contributed by atoms with E-state index in [4.69, 9.17) is 0 Å². The van der Waals surface area contributed by atoms with E-state index in [2.05, 4.69) is 10.6 Å². The van der Waals surface area contributed by atoms with Crippen molar-refractivity contribution in [3.05, 3.63) is 29.8 Å². The normalized spacial score (nSPS) is 17.3. The lowest BCUT2D eigenvalue weighted by molar-refractivity contribution is -0.126. The van der Waals surface area contributed by atoms with Crippen molar-refractivity contribution in [2.45, 2.75) is 44.6 Å². The zero-order chi connectivity index (χ0) is 18.4. The highest BCUT2D eigenvalue weighted by Crippen LogP contribution is 2.24. The second-order valence-corrected chi connectivity index (χ2v) is 8.63. The second kappa shape index (κ2) is 10.3. The number of sulfonamides is 1. The number of benzene rings is 1. The molecule has 1 heterocycles. The number of halogens is 1. The summed E-state index contributed by atoms with van der Waals surface area (Å²) in [6.07, 6.45) is 1.12. The molecule has 2 N–H and O–H groups in total. The number of likely N-dealkylation sites (N-methyl/N-ethyl adjacent to an activating group) is 1. The molecule has 1 saturated heterocycles. The predicted molar refractivity (Wildman–Crippen MR) is 106 cm³/mol. The molecule has 1 aliphatic heterocycles. The SMILES string of the molecule is CCN[C@H](C)CNC(=O)C1CCN(S(=O)(=O)c2ccc(C)cc2)CC1.Cl. The largest absolute Gasteiger partial charge is 0.354 e. The Morgan fingerprint density at radius 2 is 1.81 bits per heavy atom. The van der Waals surface area contributed by atoms with E-state index < -0.39 is 10.0 Å². The van der Waals surface area contributed by atoms with Crippen molar-refractivity contribution in [1.82, 2.24) is 14.9 Å². The van der Waals surface area contributed by atoms with E-state index in [0.717, 1.165) is 12.1 Å². The van der Waals surface area contributed by atoms with Gasteiger partial charge >= 0.3 is 0 Å². The van der Waals surface area contributed by atoms with Crippen LogP contribution in [0.25, 0.3) is 0 Å². The standard InChI is InChI=1S/C18H29N3O3S.ClH/c1-4-19-15(3)13-20-18(22)16-9-11-21(12-10-16)25(23,24)17-7-5-14(2)6-8-17;/h5-8,15-16,19H,4,9-13H2,1-3H3,(H,20,22);1H/t15-;/m1./s1. The molecule has 1 atom stereocenters. The molecule has 0 radical (unpaired) electrons. The molecule has 148 valence electrons. The summed E-state index contributed by atoms with van der Waals surface area (Å²) < 4.78 is 26.8. The molecule has 1 fully saturated rings.